The number of para-hydroxylation sites is 1. The average Bonchev–Trinajstić information content (AvgIpc) is 2.94. The third kappa shape index (κ3) is 2.65. The van der Waals surface area contributed by atoms with Crippen LogP contribution in [0.5, 0.6) is 0 Å². The van der Waals surface area contributed by atoms with Gasteiger partial charge in [-0.15, -0.1) is 11.3 Å². The maximum Gasteiger partial charge on any atom is 0.276 e. The normalized spacial score (nSPS) is 12.3. The molecule has 3 aromatic rings. The molecule has 0 saturated carbocycles. The van der Waals surface area contributed by atoms with Gasteiger partial charge in [-0.1, -0.05) is 12.1 Å². The van der Waals surface area contributed by atoms with Gasteiger partial charge in [-0.05, 0) is 38.1 Å². The number of nitrogens with zero attached hydrogens (tertiary/aromatic N) is 1. The number of thiophene rings is 1. The number of fused-ring (bicyclic) bond motifs is 1. The molecule has 2 heterocycles. The molecule has 6 heteroatoms. The molecule has 112 valence electrons. The van der Waals surface area contributed by atoms with Gasteiger partial charge >= 0.3 is 0 Å². The summed E-state index contributed by atoms with van der Waals surface area (Å²) in [5, 5.41) is 9.94. The molecule has 0 aliphatic rings. The molecule has 0 aliphatic heterocycles. The fraction of sp³-hybridized carbons (Fsp3) is 0.188. The predicted octanol–water partition coefficient (Wildman–Crippen LogP) is 2.78. The molecule has 1 atom stereocenters. The smallest absolute Gasteiger partial charge is 0.276 e. The summed E-state index contributed by atoms with van der Waals surface area (Å²) >= 11 is 1.62. The third-order valence-electron chi connectivity index (χ3n) is 3.43. The molecule has 0 bridgehead atoms. The zero-order chi connectivity index (χ0) is 15.7. The number of aromatic nitrogens is 2. The van der Waals surface area contributed by atoms with Gasteiger partial charge in [0.25, 0.3) is 5.91 Å². The highest BCUT2D eigenvalue weighted by atomic mass is 32.1. The molecule has 3 rings (SSSR count). The van der Waals surface area contributed by atoms with Crippen LogP contribution in [0.2, 0.25) is 0 Å². The molecule has 0 spiro atoms. The van der Waals surface area contributed by atoms with Crippen LogP contribution in [0.1, 0.15) is 33.2 Å². The van der Waals surface area contributed by atoms with Crippen LogP contribution in [0, 0.1) is 6.92 Å². The zero-order valence-electron chi connectivity index (χ0n) is 12.2. The van der Waals surface area contributed by atoms with Gasteiger partial charge in [-0.2, -0.15) is 5.10 Å². The van der Waals surface area contributed by atoms with E-state index in [9.17, 15) is 9.59 Å². The number of benzene rings is 1. The quantitative estimate of drug-likeness (QED) is 0.781. The predicted molar refractivity (Wildman–Crippen MR) is 87.3 cm³/mol. The van der Waals surface area contributed by atoms with E-state index >= 15 is 0 Å². The second kappa shape index (κ2) is 5.73. The minimum atomic E-state index is -0.467. The van der Waals surface area contributed by atoms with Gasteiger partial charge < -0.3 is 5.32 Å². The van der Waals surface area contributed by atoms with Crippen molar-refractivity contribution in [2.75, 3.05) is 0 Å². The lowest BCUT2D eigenvalue weighted by atomic mass is 10.2. The molecule has 0 saturated heterocycles. The lowest BCUT2D eigenvalue weighted by molar-refractivity contribution is 0.0933. The van der Waals surface area contributed by atoms with Crippen LogP contribution in [0.3, 0.4) is 0 Å². The maximum atomic E-state index is 12.4. The maximum absolute atomic E-state index is 12.4. The first kappa shape index (κ1) is 14.5. The van der Waals surface area contributed by atoms with Crippen molar-refractivity contribution in [1.29, 1.82) is 0 Å². The van der Waals surface area contributed by atoms with Crippen molar-refractivity contribution in [2.24, 2.45) is 0 Å². The summed E-state index contributed by atoms with van der Waals surface area (Å²) < 4.78 is 0. The van der Waals surface area contributed by atoms with E-state index in [4.69, 9.17) is 0 Å². The van der Waals surface area contributed by atoms with E-state index in [0.29, 0.717) is 10.9 Å². The summed E-state index contributed by atoms with van der Waals surface area (Å²) in [6.45, 7) is 3.90. The molecule has 0 radical (unpaired) electrons. The number of H-pyrrole nitrogens is 1. The summed E-state index contributed by atoms with van der Waals surface area (Å²) in [6, 6.07) is 10.8. The van der Waals surface area contributed by atoms with Crippen molar-refractivity contribution in [1.82, 2.24) is 15.5 Å². The summed E-state index contributed by atoms with van der Waals surface area (Å²) in [5.41, 5.74) is 0.145. The van der Waals surface area contributed by atoms with Crippen molar-refractivity contribution in [3.05, 3.63) is 62.1 Å². The molecule has 1 amide bonds. The van der Waals surface area contributed by atoms with Gasteiger partial charge in [0.05, 0.1) is 11.6 Å². The first-order chi connectivity index (χ1) is 10.6. The molecule has 5 nitrogen and oxygen atoms in total. The van der Waals surface area contributed by atoms with Crippen LogP contribution >= 0.6 is 11.3 Å². The SMILES string of the molecule is Cc1ccc(C(C)NC(=O)c2n[nH]c3ccccc3c2=O)s1. The van der Waals surface area contributed by atoms with E-state index in [2.05, 4.69) is 15.5 Å². The summed E-state index contributed by atoms with van der Waals surface area (Å²) in [6.07, 6.45) is 0. The first-order valence-electron chi connectivity index (χ1n) is 6.91. The van der Waals surface area contributed by atoms with Crippen molar-refractivity contribution >= 4 is 28.1 Å². The molecule has 1 unspecified atom stereocenters. The van der Waals surface area contributed by atoms with Gasteiger partial charge in [0.2, 0.25) is 5.43 Å². The standard InChI is InChI=1S/C16H15N3O2S/c1-9-7-8-13(22-9)10(2)17-16(21)14-15(20)11-5-3-4-6-12(11)18-19-14/h3-8,10H,1-2H3,(H,17,21)(H,18,20). The molecule has 22 heavy (non-hydrogen) atoms. The Morgan fingerprint density at radius 3 is 2.77 bits per heavy atom. The molecule has 0 aliphatic carbocycles. The second-order valence-corrected chi connectivity index (χ2v) is 6.41. The summed E-state index contributed by atoms with van der Waals surface area (Å²) in [7, 11) is 0. The molecule has 0 fully saturated rings. The monoisotopic (exact) mass is 313 g/mol. The number of carbonyl (C=O) groups is 1. The van der Waals surface area contributed by atoms with Crippen LogP contribution in [0.15, 0.2) is 41.2 Å². The Morgan fingerprint density at radius 1 is 1.27 bits per heavy atom. The average molecular weight is 313 g/mol. The van der Waals surface area contributed by atoms with E-state index in [1.54, 1.807) is 35.6 Å². The van der Waals surface area contributed by atoms with E-state index in [0.717, 1.165) is 4.88 Å². The number of aryl methyl sites for hydroxylation is 1. The van der Waals surface area contributed by atoms with E-state index in [1.807, 2.05) is 26.0 Å². The Bertz CT molecular complexity index is 898. The van der Waals surface area contributed by atoms with Gasteiger partial charge in [0.1, 0.15) is 0 Å². The van der Waals surface area contributed by atoms with E-state index in [-0.39, 0.29) is 17.2 Å². The Kier molecular flexibility index (Phi) is 3.77. The number of carbonyl (C=O) groups excluding carboxylic acids is 1. The highest BCUT2D eigenvalue weighted by Gasteiger charge is 2.18. The minimum absolute atomic E-state index is 0.112. The van der Waals surface area contributed by atoms with Crippen molar-refractivity contribution in [3.8, 4) is 0 Å². The molecular weight excluding hydrogens is 298 g/mol. The fourth-order valence-corrected chi connectivity index (χ4v) is 3.13. The van der Waals surface area contributed by atoms with Crippen LogP contribution < -0.4 is 10.7 Å². The van der Waals surface area contributed by atoms with Crippen LogP contribution in [-0.2, 0) is 0 Å². The third-order valence-corrected chi connectivity index (χ3v) is 4.61. The lowest BCUT2D eigenvalue weighted by Crippen LogP contribution is -2.32. The van der Waals surface area contributed by atoms with Gasteiger partial charge in [-0.3, -0.25) is 14.7 Å². The Morgan fingerprint density at radius 2 is 2.05 bits per heavy atom. The van der Waals surface area contributed by atoms with Crippen LogP contribution in [0.4, 0.5) is 0 Å². The van der Waals surface area contributed by atoms with Gasteiger partial charge in [-0.25, -0.2) is 0 Å². The zero-order valence-corrected chi connectivity index (χ0v) is 13.0. The second-order valence-electron chi connectivity index (χ2n) is 5.09. The van der Waals surface area contributed by atoms with Gasteiger partial charge in [0, 0.05) is 15.1 Å². The lowest BCUT2D eigenvalue weighted by Gasteiger charge is -2.11. The van der Waals surface area contributed by atoms with Crippen molar-refractivity contribution < 1.29 is 4.79 Å². The van der Waals surface area contributed by atoms with Crippen LogP contribution in [0.25, 0.3) is 10.9 Å². The van der Waals surface area contributed by atoms with E-state index in [1.165, 1.54) is 4.88 Å². The highest BCUT2D eigenvalue weighted by Crippen LogP contribution is 2.22. The van der Waals surface area contributed by atoms with Gasteiger partial charge in [0.15, 0.2) is 5.69 Å². The van der Waals surface area contributed by atoms with E-state index < -0.39 is 5.91 Å². The summed E-state index contributed by atoms with van der Waals surface area (Å²) in [5.74, 6) is -0.467. The van der Waals surface area contributed by atoms with Crippen molar-refractivity contribution in [2.45, 2.75) is 19.9 Å². The number of nitrogens with one attached hydrogen (secondary N) is 2. The summed E-state index contributed by atoms with van der Waals surface area (Å²) in [4.78, 5) is 26.9. The molecular formula is C16H15N3O2S. The molecule has 1 aromatic carbocycles. The molecule has 2 aromatic heterocycles. The molecule has 2 N–H and O–H groups in total. The van der Waals surface area contributed by atoms with Crippen molar-refractivity contribution in [3.63, 3.8) is 0 Å². The number of aromatic amines is 1. The van der Waals surface area contributed by atoms with Crippen LogP contribution in [-0.4, -0.2) is 16.1 Å². The fourth-order valence-electron chi connectivity index (χ4n) is 2.25. The Hall–Kier alpha value is -2.47. The number of amides is 1. The number of hydrogen-bond acceptors (Lipinski definition) is 4. The minimum Gasteiger partial charge on any atom is -0.343 e. The Labute approximate surface area is 131 Å². The Balaban J connectivity index is 1.89. The highest BCUT2D eigenvalue weighted by molar-refractivity contribution is 7.12. The largest absolute Gasteiger partial charge is 0.343 e. The number of hydrogen-bond donors (Lipinski definition) is 2. The number of rotatable bonds is 3. The topological polar surface area (TPSA) is 74.8 Å². The first-order valence-corrected chi connectivity index (χ1v) is 7.72.